The molecule has 2 aromatic heterocycles. The molecule has 5 rings (SSSR count). The number of carbonyl (C=O) groups is 1. The van der Waals surface area contributed by atoms with Crippen LogP contribution in [0.25, 0.3) is 11.0 Å². The Morgan fingerprint density at radius 3 is 2.42 bits per heavy atom. The predicted octanol–water partition coefficient (Wildman–Crippen LogP) is 1.65. The highest BCUT2D eigenvalue weighted by atomic mass is 16.2. The van der Waals surface area contributed by atoms with E-state index in [4.69, 9.17) is 5.73 Å². The molecule has 0 bridgehead atoms. The highest BCUT2D eigenvalue weighted by Gasteiger charge is 2.22. The Bertz CT molecular complexity index is 1200. The zero-order valence-electron chi connectivity index (χ0n) is 18.5. The van der Waals surface area contributed by atoms with Gasteiger partial charge in [-0.25, -0.2) is 14.8 Å². The molecule has 0 radical (unpaired) electrons. The minimum atomic E-state index is -0.253. The van der Waals surface area contributed by atoms with Gasteiger partial charge >= 0.3 is 5.69 Å². The molecular weight excluding hydrogens is 420 g/mol. The van der Waals surface area contributed by atoms with E-state index in [0.717, 1.165) is 55.5 Å². The SMILES string of the molecule is NCC(=O)N1CCN(c2ccc(Nc3ncc4cnc(=O)n(C5CCCC5)c4n3)cc2)CC1. The summed E-state index contributed by atoms with van der Waals surface area (Å²) in [5.41, 5.74) is 7.80. The second-order valence-corrected chi connectivity index (χ2v) is 8.57. The van der Waals surface area contributed by atoms with E-state index in [9.17, 15) is 9.59 Å². The molecule has 1 saturated carbocycles. The van der Waals surface area contributed by atoms with Crippen molar-refractivity contribution in [2.24, 2.45) is 5.73 Å². The molecule has 10 nitrogen and oxygen atoms in total. The summed E-state index contributed by atoms with van der Waals surface area (Å²) in [7, 11) is 0. The quantitative estimate of drug-likeness (QED) is 0.604. The lowest BCUT2D eigenvalue weighted by atomic mass is 10.2. The normalized spacial score (nSPS) is 17.0. The molecule has 3 N–H and O–H groups in total. The number of rotatable bonds is 5. The molecule has 172 valence electrons. The van der Waals surface area contributed by atoms with Crippen molar-refractivity contribution in [1.82, 2.24) is 24.4 Å². The van der Waals surface area contributed by atoms with Crippen molar-refractivity contribution in [2.45, 2.75) is 31.7 Å². The highest BCUT2D eigenvalue weighted by Crippen LogP contribution is 2.30. The number of piperazine rings is 1. The van der Waals surface area contributed by atoms with E-state index in [1.54, 1.807) is 17.0 Å². The van der Waals surface area contributed by atoms with Crippen molar-refractivity contribution in [3.63, 3.8) is 0 Å². The number of anilines is 3. The van der Waals surface area contributed by atoms with E-state index in [1.165, 1.54) is 0 Å². The van der Waals surface area contributed by atoms with E-state index in [-0.39, 0.29) is 24.2 Å². The molecule has 10 heteroatoms. The summed E-state index contributed by atoms with van der Waals surface area (Å²) >= 11 is 0. The molecule has 1 amide bonds. The maximum absolute atomic E-state index is 12.5. The van der Waals surface area contributed by atoms with Gasteiger partial charge in [0.05, 0.1) is 11.9 Å². The highest BCUT2D eigenvalue weighted by molar-refractivity contribution is 5.78. The number of hydrogen-bond acceptors (Lipinski definition) is 8. The summed E-state index contributed by atoms with van der Waals surface area (Å²) < 4.78 is 1.73. The van der Waals surface area contributed by atoms with E-state index < -0.39 is 0 Å². The number of nitrogens with two attached hydrogens (primary N) is 1. The van der Waals surface area contributed by atoms with Crippen molar-refractivity contribution in [3.05, 3.63) is 47.1 Å². The van der Waals surface area contributed by atoms with Crippen molar-refractivity contribution in [1.29, 1.82) is 0 Å². The molecule has 0 unspecified atom stereocenters. The third-order valence-corrected chi connectivity index (χ3v) is 6.53. The largest absolute Gasteiger partial charge is 0.368 e. The van der Waals surface area contributed by atoms with Crippen LogP contribution < -0.4 is 21.6 Å². The number of nitrogens with one attached hydrogen (secondary N) is 1. The number of hydrogen-bond donors (Lipinski definition) is 2. The van der Waals surface area contributed by atoms with Crippen LogP contribution >= 0.6 is 0 Å². The lowest BCUT2D eigenvalue weighted by Gasteiger charge is -2.36. The van der Waals surface area contributed by atoms with Crippen molar-refractivity contribution < 1.29 is 4.79 Å². The van der Waals surface area contributed by atoms with E-state index in [0.29, 0.717) is 24.7 Å². The molecule has 1 saturated heterocycles. The van der Waals surface area contributed by atoms with Crippen LogP contribution in [0.3, 0.4) is 0 Å². The Hall–Kier alpha value is -3.53. The molecule has 0 atom stereocenters. The van der Waals surface area contributed by atoms with E-state index in [2.05, 4.69) is 25.2 Å². The Morgan fingerprint density at radius 2 is 1.73 bits per heavy atom. The summed E-state index contributed by atoms with van der Waals surface area (Å²) in [5.74, 6) is 0.445. The Labute approximate surface area is 191 Å². The topological polar surface area (TPSA) is 122 Å². The van der Waals surface area contributed by atoms with Crippen molar-refractivity contribution in [2.75, 3.05) is 42.9 Å². The molecule has 2 fully saturated rings. The number of aromatic nitrogens is 4. The van der Waals surface area contributed by atoms with Crippen LogP contribution in [-0.2, 0) is 4.79 Å². The molecule has 33 heavy (non-hydrogen) atoms. The first kappa shape index (κ1) is 21.3. The maximum atomic E-state index is 12.5. The van der Waals surface area contributed by atoms with Crippen LogP contribution in [0.1, 0.15) is 31.7 Å². The summed E-state index contributed by atoms with van der Waals surface area (Å²) in [6, 6.07) is 8.20. The average molecular weight is 449 g/mol. The van der Waals surface area contributed by atoms with Crippen LogP contribution in [0, 0.1) is 0 Å². The van der Waals surface area contributed by atoms with Gasteiger partial charge in [0.25, 0.3) is 0 Å². The second kappa shape index (κ2) is 9.14. The monoisotopic (exact) mass is 448 g/mol. The van der Waals surface area contributed by atoms with Crippen LogP contribution in [0.2, 0.25) is 0 Å². The first-order valence-electron chi connectivity index (χ1n) is 11.5. The average Bonchev–Trinajstić information content (AvgIpc) is 3.38. The van der Waals surface area contributed by atoms with Crippen molar-refractivity contribution >= 4 is 34.3 Å². The van der Waals surface area contributed by atoms with Crippen LogP contribution in [0.4, 0.5) is 17.3 Å². The fourth-order valence-corrected chi connectivity index (χ4v) is 4.72. The van der Waals surface area contributed by atoms with Gasteiger partial charge in [-0.1, -0.05) is 12.8 Å². The standard InChI is InChI=1S/C23H28N8O2/c24-13-20(32)30-11-9-29(10-12-30)18-7-5-17(6-8-18)27-22-25-14-16-15-26-23(33)31(21(16)28-22)19-3-1-2-4-19/h5-8,14-15,19H,1-4,9-13,24H2,(H,25,27,28). The number of benzene rings is 1. The number of carbonyl (C=O) groups excluding carboxylic acids is 1. The van der Waals surface area contributed by atoms with Gasteiger partial charge < -0.3 is 20.9 Å². The molecule has 1 aliphatic heterocycles. The Morgan fingerprint density at radius 1 is 1.03 bits per heavy atom. The fraction of sp³-hybridized carbons (Fsp3) is 0.435. The molecule has 3 heterocycles. The lowest BCUT2D eigenvalue weighted by Crippen LogP contribution is -2.50. The van der Waals surface area contributed by atoms with E-state index in [1.807, 2.05) is 29.2 Å². The molecule has 3 aromatic rings. The third kappa shape index (κ3) is 4.38. The van der Waals surface area contributed by atoms with Gasteiger partial charge in [-0.15, -0.1) is 0 Å². The zero-order valence-corrected chi connectivity index (χ0v) is 18.5. The van der Waals surface area contributed by atoms with Crippen molar-refractivity contribution in [3.8, 4) is 0 Å². The lowest BCUT2D eigenvalue weighted by molar-refractivity contribution is -0.129. The van der Waals surface area contributed by atoms with Gasteiger partial charge in [0.1, 0.15) is 0 Å². The van der Waals surface area contributed by atoms with Gasteiger partial charge in [0.15, 0.2) is 5.65 Å². The minimum Gasteiger partial charge on any atom is -0.368 e. The van der Waals surface area contributed by atoms with Gasteiger partial charge in [0.2, 0.25) is 11.9 Å². The van der Waals surface area contributed by atoms with Gasteiger partial charge in [-0.05, 0) is 37.1 Å². The number of nitrogens with zero attached hydrogens (tertiary/aromatic N) is 6. The summed E-state index contributed by atoms with van der Waals surface area (Å²) in [6.07, 6.45) is 7.44. The smallest absolute Gasteiger partial charge is 0.349 e. The van der Waals surface area contributed by atoms with Gasteiger partial charge in [-0.2, -0.15) is 4.98 Å². The van der Waals surface area contributed by atoms with Crippen LogP contribution in [0.5, 0.6) is 0 Å². The van der Waals surface area contributed by atoms with E-state index >= 15 is 0 Å². The number of amides is 1. The molecule has 1 aliphatic carbocycles. The first-order chi connectivity index (χ1) is 16.1. The summed E-state index contributed by atoms with van der Waals surface area (Å²) in [4.78, 5) is 41.4. The molecule has 1 aromatic carbocycles. The summed E-state index contributed by atoms with van der Waals surface area (Å²) in [5, 5.41) is 4.01. The van der Waals surface area contributed by atoms with Gasteiger partial charge in [0, 0.05) is 56.0 Å². The zero-order chi connectivity index (χ0) is 22.8. The second-order valence-electron chi connectivity index (χ2n) is 8.57. The first-order valence-corrected chi connectivity index (χ1v) is 11.5. The van der Waals surface area contributed by atoms with Crippen LogP contribution in [-0.4, -0.2) is 63.0 Å². The van der Waals surface area contributed by atoms with Crippen LogP contribution in [0.15, 0.2) is 41.5 Å². The Balaban J connectivity index is 1.31. The predicted molar refractivity (Wildman–Crippen MR) is 127 cm³/mol. The van der Waals surface area contributed by atoms with Gasteiger partial charge in [-0.3, -0.25) is 9.36 Å². The molecular formula is C23H28N8O2. The Kier molecular flexibility index (Phi) is 5.91. The third-order valence-electron chi connectivity index (χ3n) is 6.53. The molecule has 2 aliphatic rings. The maximum Gasteiger partial charge on any atom is 0.349 e. The summed E-state index contributed by atoms with van der Waals surface area (Å²) in [6.45, 7) is 2.97. The molecule has 0 spiro atoms. The minimum absolute atomic E-state index is 0.00119. The fourth-order valence-electron chi connectivity index (χ4n) is 4.72. The number of fused-ring (bicyclic) bond motifs is 1.